The Morgan fingerprint density at radius 2 is 2.03 bits per heavy atom. The maximum absolute atomic E-state index is 14.1. The van der Waals surface area contributed by atoms with E-state index in [0.29, 0.717) is 5.56 Å². The van der Waals surface area contributed by atoms with Crippen molar-refractivity contribution in [2.75, 3.05) is 4.90 Å². The molecule has 1 aromatic heterocycles. The van der Waals surface area contributed by atoms with Crippen LogP contribution in [0.5, 0.6) is 0 Å². The standard InChI is InChI=1S/C23H23ClF2N4O3/c1-23(26)9-14(10-23)28-21(32)20(16-4-2-3-5-17(16)24)30(15-8-13(25)11-27-12-15)22(33)18-6-7-19(31)29-18/h2-5,8,11-12,14,18,20H,6-7,9-10H2,1H3,(H,28,32)(H,29,31). The summed E-state index contributed by atoms with van der Waals surface area (Å²) in [5, 5.41) is 5.60. The van der Waals surface area contributed by atoms with Gasteiger partial charge in [-0.05, 0) is 19.4 Å². The van der Waals surface area contributed by atoms with Crippen molar-refractivity contribution in [3.8, 4) is 0 Å². The summed E-state index contributed by atoms with van der Waals surface area (Å²) in [6.07, 6.45) is 2.91. The van der Waals surface area contributed by atoms with E-state index in [1.807, 2.05) is 0 Å². The number of alkyl halides is 1. The van der Waals surface area contributed by atoms with Gasteiger partial charge in [0.25, 0.3) is 5.91 Å². The molecular formula is C23H23ClF2N4O3. The van der Waals surface area contributed by atoms with Gasteiger partial charge in [-0.3, -0.25) is 24.3 Å². The number of nitrogens with one attached hydrogen (secondary N) is 2. The molecule has 2 N–H and O–H groups in total. The van der Waals surface area contributed by atoms with E-state index >= 15 is 0 Å². The normalized spacial score (nSPS) is 25.0. The topological polar surface area (TPSA) is 91.4 Å². The number of amides is 3. The Labute approximate surface area is 194 Å². The lowest BCUT2D eigenvalue weighted by Crippen LogP contribution is -2.56. The van der Waals surface area contributed by atoms with Gasteiger partial charge in [0.2, 0.25) is 11.8 Å². The summed E-state index contributed by atoms with van der Waals surface area (Å²) in [6, 6.07) is 4.99. The number of hydrogen-bond donors (Lipinski definition) is 2. The average Bonchev–Trinajstić information content (AvgIpc) is 3.17. The second-order valence-corrected chi connectivity index (χ2v) is 9.09. The minimum atomic E-state index is -1.37. The first-order valence-electron chi connectivity index (χ1n) is 10.6. The third kappa shape index (κ3) is 4.98. The zero-order chi connectivity index (χ0) is 23.8. The summed E-state index contributed by atoms with van der Waals surface area (Å²) >= 11 is 6.41. The van der Waals surface area contributed by atoms with E-state index in [-0.39, 0.29) is 42.3 Å². The van der Waals surface area contributed by atoms with Crippen molar-refractivity contribution in [1.29, 1.82) is 0 Å². The van der Waals surface area contributed by atoms with Crippen LogP contribution in [0, 0.1) is 5.82 Å². The number of carbonyl (C=O) groups excluding carboxylic acids is 3. The number of halogens is 3. The van der Waals surface area contributed by atoms with Crippen LogP contribution >= 0.6 is 11.6 Å². The number of pyridine rings is 1. The molecule has 3 amide bonds. The first kappa shape index (κ1) is 23.1. The van der Waals surface area contributed by atoms with Gasteiger partial charge in [0.15, 0.2) is 0 Å². The quantitative estimate of drug-likeness (QED) is 0.669. The van der Waals surface area contributed by atoms with E-state index in [9.17, 15) is 23.2 Å². The molecule has 1 aromatic carbocycles. The molecule has 2 heterocycles. The summed E-state index contributed by atoms with van der Waals surface area (Å²) in [5.74, 6) is -2.19. The summed E-state index contributed by atoms with van der Waals surface area (Å²) in [5.41, 5.74) is -1.03. The number of aromatic nitrogens is 1. The molecule has 174 valence electrons. The van der Waals surface area contributed by atoms with Crippen molar-refractivity contribution in [1.82, 2.24) is 15.6 Å². The Balaban J connectivity index is 1.77. The number of benzene rings is 1. The largest absolute Gasteiger partial charge is 0.351 e. The molecule has 0 radical (unpaired) electrons. The predicted octanol–water partition coefficient (Wildman–Crippen LogP) is 3.23. The smallest absolute Gasteiger partial charge is 0.250 e. The van der Waals surface area contributed by atoms with Crippen molar-refractivity contribution in [2.24, 2.45) is 0 Å². The summed E-state index contributed by atoms with van der Waals surface area (Å²) in [7, 11) is 0. The van der Waals surface area contributed by atoms with Gasteiger partial charge in [-0.2, -0.15) is 0 Å². The molecule has 4 rings (SSSR count). The van der Waals surface area contributed by atoms with E-state index < -0.39 is 41.4 Å². The molecule has 33 heavy (non-hydrogen) atoms. The van der Waals surface area contributed by atoms with E-state index in [2.05, 4.69) is 15.6 Å². The Bertz CT molecular complexity index is 1090. The molecule has 1 aliphatic carbocycles. The minimum Gasteiger partial charge on any atom is -0.351 e. The first-order valence-corrected chi connectivity index (χ1v) is 11.0. The molecule has 2 atom stereocenters. The van der Waals surface area contributed by atoms with Crippen LogP contribution in [0.3, 0.4) is 0 Å². The lowest BCUT2D eigenvalue weighted by atomic mass is 9.78. The van der Waals surface area contributed by atoms with Crippen LogP contribution in [0.25, 0.3) is 0 Å². The maximum atomic E-state index is 14.1. The number of nitrogens with zero attached hydrogens (tertiary/aromatic N) is 2. The zero-order valence-corrected chi connectivity index (χ0v) is 18.6. The molecule has 10 heteroatoms. The average molecular weight is 477 g/mol. The second kappa shape index (κ2) is 9.05. The van der Waals surface area contributed by atoms with E-state index in [4.69, 9.17) is 11.6 Å². The van der Waals surface area contributed by atoms with Crippen LogP contribution in [0.15, 0.2) is 42.7 Å². The lowest BCUT2D eigenvalue weighted by molar-refractivity contribution is -0.129. The van der Waals surface area contributed by atoms with Crippen LogP contribution < -0.4 is 15.5 Å². The van der Waals surface area contributed by atoms with Crippen molar-refractivity contribution >= 4 is 35.0 Å². The predicted molar refractivity (Wildman–Crippen MR) is 118 cm³/mol. The maximum Gasteiger partial charge on any atom is 0.250 e. The van der Waals surface area contributed by atoms with Gasteiger partial charge in [0, 0.05) is 42.0 Å². The van der Waals surface area contributed by atoms with Gasteiger partial charge >= 0.3 is 0 Å². The zero-order valence-electron chi connectivity index (χ0n) is 17.9. The van der Waals surface area contributed by atoms with Crippen molar-refractivity contribution < 1.29 is 23.2 Å². The summed E-state index contributed by atoms with van der Waals surface area (Å²) < 4.78 is 28.1. The molecule has 7 nitrogen and oxygen atoms in total. The third-order valence-electron chi connectivity index (χ3n) is 5.90. The highest BCUT2D eigenvalue weighted by Gasteiger charge is 2.44. The molecule has 0 bridgehead atoms. The Morgan fingerprint density at radius 1 is 1.30 bits per heavy atom. The summed E-state index contributed by atoms with van der Waals surface area (Å²) in [4.78, 5) is 43.8. The monoisotopic (exact) mass is 476 g/mol. The van der Waals surface area contributed by atoms with Crippen LogP contribution in [-0.2, 0) is 14.4 Å². The fourth-order valence-corrected chi connectivity index (χ4v) is 4.59. The van der Waals surface area contributed by atoms with Crippen LogP contribution in [0.4, 0.5) is 14.5 Å². The van der Waals surface area contributed by atoms with Gasteiger partial charge < -0.3 is 10.6 Å². The molecule has 1 saturated carbocycles. The highest BCUT2D eigenvalue weighted by Crippen LogP contribution is 2.37. The van der Waals surface area contributed by atoms with Gasteiger partial charge in [0.05, 0.1) is 18.1 Å². The fourth-order valence-electron chi connectivity index (χ4n) is 4.35. The van der Waals surface area contributed by atoms with Gasteiger partial charge in [0.1, 0.15) is 23.6 Å². The highest BCUT2D eigenvalue weighted by atomic mass is 35.5. The number of anilines is 1. The summed E-state index contributed by atoms with van der Waals surface area (Å²) in [6.45, 7) is 1.46. The Morgan fingerprint density at radius 3 is 2.64 bits per heavy atom. The SMILES string of the molecule is CC1(F)CC(NC(=O)C(c2ccccc2Cl)N(C(=O)C2CCC(=O)N2)c2cncc(F)c2)C1. The fraction of sp³-hybridized carbons (Fsp3) is 0.391. The van der Waals surface area contributed by atoms with Gasteiger partial charge in [-0.25, -0.2) is 8.78 Å². The Hall–Kier alpha value is -3.07. The van der Waals surface area contributed by atoms with Gasteiger partial charge in [-0.15, -0.1) is 0 Å². The molecule has 2 aliphatic rings. The number of rotatable bonds is 6. The minimum absolute atomic E-state index is 0.0326. The van der Waals surface area contributed by atoms with E-state index in [1.54, 1.807) is 24.3 Å². The second-order valence-electron chi connectivity index (χ2n) is 8.68. The van der Waals surface area contributed by atoms with Crippen molar-refractivity contribution in [3.05, 3.63) is 59.1 Å². The van der Waals surface area contributed by atoms with Crippen molar-refractivity contribution in [3.63, 3.8) is 0 Å². The van der Waals surface area contributed by atoms with E-state index in [0.717, 1.165) is 17.2 Å². The van der Waals surface area contributed by atoms with Crippen LogP contribution in [-0.4, -0.2) is 40.5 Å². The van der Waals surface area contributed by atoms with Crippen LogP contribution in [0.2, 0.25) is 5.02 Å². The van der Waals surface area contributed by atoms with Crippen LogP contribution in [0.1, 0.15) is 44.2 Å². The van der Waals surface area contributed by atoms with Crippen molar-refractivity contribution in [2.45, 2.75) is 56.4 Å². The lowest BCUT2D eigenvalue weighted by Gasteiger charge is -2.41. The molecule has 2 fully saturated rings. The molecule has 1 saturated heterocycles. The highest BCUT2D eigenvalue weighted by molar-refractivity contribution is 6.31. The molecule has 0 spiro atoms. The van der Waals surface area contributed by atoms with E-state index in [1.165, 1.54) is 13.1 Å². The van der Waals surface area contributed by atoms with Gasteiger partial charge in [-0.1, -0.05) is 29.8 Å². The molecule has 2 aromatic rings. The third-order valence-corrected chi connectivity index (χ3v) is 6.24. The number of carbonyl (C=O) groups is 3. The Kier molecular flexibility index (Phi) is 6.34. The molecule has 1 aliphatic heterocycles. The number of hydrogen-bond acceptors (Lipinski definition) is 4. The first-order chi connectivity index (χ1) is 15.6. The molecule has 2 unspecified atom stereocenters. The molecular weight excluding hydrogens is 454 g/mol.